The van der Waals surface area contributed by atoms with Crippen LogP contribution in [-0.2, 0) is 15.1 Å². The quantitative estimate of drug-likeness (QED) is 0.343. The van der Waals surface area contributed by atoms with Crippen molar-refractivity contribution >= 4 is 11.9 Å². The van der Waals surface area contributed by atoms with E-state index in [0.717, 1.165) is 0 Å². The average molecular weight is 483 g/mol. The SMILES string of the molecule is C=CC[C@@](O)(CC[C@@H](O)c1ccc(C(=O)OC(C)(C)C)cc1)c1ccc(C(=O)OC(C)(C)C)cc1. The molecule has 0 saturated heterocycles. The molecule has 0 aliphatic heterocycles. The second-order valence-corrected chi connectivity index (χ2v) is 10.8. The molecule has 0 spiro atoms. The van der Waals surface area contributed by atoms with Gasteiger partial charge in [-0.3, -0.25) is 0 Å². The van der Waals surface area contributed by atoms with E-state index in [1.165, 1.54) is 0 Å². The van der Waals surface area contributed by atoms with Crippen molar-refractivity contribution in [2.45, 2.75) is 83.7 Å². The summed E-state index contributed by atoms with van der Waals surface area (Å²) < 4.78 is 10.8. The van der Waals surface area contributed by atoms with E-state index in [1.807, 2.05) is 0 Å². The van der Waals surface area contributed by atoms with E-state index in [-0.39, 0.29) is 19.3 Å². The van der Waals surface area contributed by atoms with E-state index in [2.05, 4.69) is 6.58 Å². The first-order valence-electron chi connectivity index (χ1n) is 11.8. The van der Waals surface area contributed by atoms with Gasteiger partial charge in [0.25, 0.3) is 0 Å². The van der Waals surface area contributed by atoms with Crippen LogP contribution < -0.4 is 0 Å². The van der Waals surface area contributed by atoms with Crippen molar-refractivity contribution in [2.24, 2.45) is 0 Å². The van der Waals surface area contributed by atoms with E-state index >= 15 is 0 Å². The highest BCUT2D eigenvalue weighted by Gasteiger charge is 2.29. The molecule has 2 rings (SSSR count). The van der Waals surface area contributed by atoms with Crippen LogP contribution in [0.25, 0.3) is 0 Å². The predicted molar refractivity (Wildman–Crippen MR) is 136 cm³/mol. The molecule has 2 atom stereocenters. The third-order valence-corrected chi connectivity index (χ3v) is 5.30. The zero-order valence-electron chi connectivity index (χ0n) is 21.6. The Morgan fingerprint density at radius 1 is 0.857 bits per heavy atom. The maximum atomic E-state index is 12.3. The van der Waals surface area contributed by atoms with Crippen LogP contribution in [0.1, 0.15) is 98.8 Å². The highest BCUT2D eigenvalue weighted by atomic mass is 16.6. The van der Waals surface area contributed by atoms with Gasteiger partial charge in [0.1, 0.15) is 11.2 Å². The molecule has 2 aromatic rings. The third kappa shape index (κ3) is 8.64. The van der Waals surface area contributed by atoms with Crippen molar-refractivity contribution in [3.8, 4) is 0 Å². The Morgan fingerprint density at radius 3 is 1.69 bits per heavy atom. The summed E-state index contributed by atoms with van der Waals surface area (Å²) in [4.78, 5) is 24.5. The standard InChI is InChI=1S/C29H38O6/c1-8-18-29(33,23-15-13-22(14-16-23)26(32)35-28(5,6)7)19-17-24(30)20-9-11-21(12-10-20)25(31)34-27(2,3)4/h8-16,24,30,33H,1,17-19H2,2-7H3/t24-,29-/m1/s1. The molecular formula is C29H38O6. The van der Waals surface area contributed by atoms with E-state index in [0.29, 0.717) is 22.3 Å². The van der Waals surface area contributed by atoms with Crippen LogP contribution in [0, 0.1) is 0 Å². The van der Waals surface area contributed by atoms with Gasteiger partial charge in [0.2, 0.25) is 0 Å². The number of rotatable bonds is 9. The molecule has 2 aromatic carbocycles. The molecule has 6 nitrogen and oxygen atoms in total. The minimum Gasteiger partial charge on any atom is -0.456 e. The summed E-state index contributed by atoms with van der Waals surface area (Å²) in [5, 5.41) is 22.1. The summed E-state index contributed by atoms with van der Waals surface area (Å²) in [5.74, 6) is -0.852. The topological polar surface area (TPSA) is 93.1 Å². The van der Waals surface area contributed by atoms with Crippen molar-refractivity contribution in [1.82, 2.24) is 0 Å². The Morgan fingerprint density at radius 2 is 1.29 bits per heavy atom. The number of benzene rings is 2. The van der Waals surface area contributed by atoms with Crippen molar-refractivity contribution in [3.63, 3.8) is 0 Å². The second kappa shape index (κ2) is 11.2. The lowest BCUT2D eigenvalue weighted by Gasteiger charge is -2.29. The molecule has 0 bridgehead atoms. The van der Waals surface area contributed by atoms with Gasteiger partial charge in [0.05, 0.1) is 22.8 Å². The molecule has 0 aromatic heterocycles. The molecule has 0 aliphatic rings. The average Bonchev–Trinajstić information content (AvgIpc) is 2.75. The molecule has 0 saturated carbocycles. The van der Waals surface area contributed by atoms with Crippen LogP contribution in [0.5, 0.6) is 0 Å². The number of hydrogen-bond donors (Lipinski definition) is 2. The summed E-state index contributed by atoms with van der Waals surface area (Å²) in [6, 6.07) is 13.3. The molecule has 0 fully saturated rings. The van der Waals surface area contributed by atoms with Gasteiger partial charge in [0, 0.05) is 0 Å². The van der Waals surface area contributed by atoms with Gasteiger partial charge < -0.3 is 19.7 Å². The Kier molecular flexibility index (Phi) is 9.04. The normalized spacial score (nSPS) is 14.5. The second-order valence-electron chi connectivity index (χ2n) is 10.8. The van der Waals surface area contributed by atoms with Gasteiger partial charge in [-0.1, -0.05) is 30.3 Å². The minimum absolute atomic E-state index is 0.264. The zero-order valence-corrected chi connectivity index (χ0v) is 21.6. The van der Waals surface area contributed by atoms with E-state index in [1.54, 1.807) is 96.1 Å². The maximum Gasteiger partial charge on any atom is 0.338 e. The largest absolute Gasteiger partial charge is 0.456 e. The molecule has 0 amide bonds. The smallest absolute Gasteiger partial charge is 0.338 e. The summed E-state index contributed by atoms with van der Waals surface area (Å²) in [6.45, 7) is 14.6. The van der Waals surface area contributed by atoms with Crippen molar-refractivity contribution in [1.29, 1.82) is 0 Å². The number of aliphatic hydroxyl groups excluding tert-OH is 1. The van der Waals surface area contributed by atoms with E-state index in [9.17, 15) is 19.8 Å². The zero-order chi connectivity index (χ0) is 26.4. The molecule has 2 N–H and O–H groups in total. The molecular weight excluding hydrogens is 444 g/mol. The van der Waals surface area contributed by atoms with Gasteiger partial charge in [0.15, 0.2) is 0 Å². The first kappa shape index (κ1) is 28.3. The first-order valence-corrected chi connectivity index (χ1v) is 11.8. The molecule has 0 radical (unpaired) electrons. The Labute approximate surface area is 208 Å². The Balaban J connectivity index is 2.09. The summed E-state index contributed by atoms with van der Waals surface area (Å²) in [6.07, 6.45) is 1.62. The van der Waals surface area contributed by atoms with Gasteiger partial charge in [-0.2, -0.15) is 0 Å². The number of ether oxygens (including phenoxy) is 2. The van der Waals surface area contributed by atoms with Gasteiger partial charge >= 0.3 is 11.9 Å². The third-order valence-electron chi connectivity index (χ3n) is 5.30. The van der Waals surface area contributed by atoms with Crippen LogP contribution in [0.4, 0.5) is 0 Å². The van der Waals surface area contributed by atoms with E-state index in [4.69, 9.17) is 9.47 Å². The summed E-state index contributed by atoms with van der Waals surface area (Å²) in [7, 11) is 0. The monoisotopic (exact) mass is 482 g/mol. The van der Waals surface area contributed by atoms with Crippen LogP contribution >= 0.6 is 0 Å². The predicted octanol–water partition coefficient (Wildman–Crippen LogP) is 5.87. The molecule has 0 heterocycles. The lowest BCUT2D eigenvalue weighted by atomic mass is 9.84. The lowest BCUT2D eigenvalue weighted by Crippen LogP contribution is -2.26. The van der Waals surface area contributed by atoms with E-state index < -0.39 is 34.8 Å². The number of carbonyl (C=O) groups excluding carboxylic acids is 2. The fourth-order valence-electron chi connectivity index (χ4n) is 3.58. The first-order chi connectivity index (χ1) is 16.1. The highest BCUT2D eigenvalue weighted by molar-refractivity contribution is 5.90. The minimum atomic E-state index is -1.26. The maximum absolute atomic E-state index is 12.3. The number of hydrogen-bond acceptors (Lipinski definition) is 6. The van der Waals surface area contributed by atoms with Gasteiger partial charge in [-0.25, -0.2) is 9.59 Å². The van der Waals surface area contributed by atoms with Crippen LogP contribution in [0.15, 0.2) is 61.2 Å². The molecule has 0 aliphatic carbocycles. The number of esters is 2. The van der Waals surface area contributed by atoms with Gasteiger partial charge in [-0.15, -0.1) is 6.58 Å². The highest BCUT2D eigenvalue weighted by Crippen LogP contribution is 2.34. The van der Waals surface area contributed by atoms with Crippen LogP contribution in [0.2, 0.25) is 0 Å². The van der Waals surface area contributed by atoms with Crippen molar-refractivity contribution in [3.05, 3.63) is 83.4 Å². The fourth-order valence-corrected chi connectivity index (χ4v) is 3.58. The van der Waals surface area contributed by atoms with Gasteiger partial charge in [-0.05, 0) is 96.2 Å². The molecule has 190 valence electrons. The van der Waals surface area contributed by atoms with Crippen molar-refractivity contribution < 1.29 is 29.3 Å². The summed E-state index contributed by atoms with van der Waals surface area (Å²) >= 11 is 0. The molecule has 0 unspecified atom stereocenters. The van der Waals surface area contributed by atoms with Crippen LogP contribution in [-0.4, -0.2) is 33.4 Å². The van der Waals surface area contributed by atoms with Crippen LogP contribution in [0.3, 0.4) is 0 Å². The Hall–Kier alpha value is -2.96. The Bertz CT molecular complexity index is 1010. The molecule has 35 heavy (non-hydrogen) atoms. The number of carbonyl (C=O) groups is 2. The molecule has 6 heteroatoms. The fraction of sp³-hybridized carbons (Fsp3) is 0.448. The van der Waals surface area contributed by atoms with Crippen molar-refractivity contribution in [2.75, 3.05) is 0 Å². The number of aliphatic hydroxyl groups is 2. The summed E-state index contributed by atoms with van der Waals surface area (Å²) in [5.41, 5.74) is -0.378. The lowest BCUT2D eigenvalue weighted by molar-refractivity contribution is 0.00551.